The third-order valence-corrected chi connectivity index (χ3v) is 6.72. The predicted octanol–water partition coefficient (Wildman–Crippen LogP) is 7.20. The van der Waals surface area contributed by atoms with Crippen LogP contribution in [0.15, 0.2) is 30.4 Å². The second-order valence-corrected chi connectivity index (χ2v) is 8.52. The zero-order chi connectivity index (χ0) is 19.1. The molecular weight excluding hydrogens is 342 g/mol. The molecule has 0 unspecified atom stereocenters. The van der Waals surface area contributed by atoms with Crippen LogP contribution >= 0.6 is 0 Å². The third kappa shape index (κ3) is 6.14. The molecule has 3 heteroatoms. The molecule has 0 amide bonds. The lowest BCUT2D eigenvalue weighted by Gasteiger charge is -2.37. The van der Waals surface area contributed by atoms with Gasteiger partial charge in [0, 0.05) is 0 Å². The largest absolute Gasteiger partial charge is 0.374 e. The monoisotopic (exact) mass is 376 g/mol. The van der Waals surface area contributed by atoms with Crippen molar-refractivity contribution in [3.63, 3.8) is 0 Å². The lowest BCUT2D eigenvalue weighted by Crippen LogP contribution is -2.28. The summed E-state index contributed by atoms with van der Waals surface area (Å²) in [6.07, 6.45) is 17.7. The summed E-state index contributed by atoms with van der Waals surface area (Å²) in [6.45, 7) is 2.48. The summed E-state index contributed by atoms with van der Waals surface area (Å²) in [5, 5.41) is 0. The van der Waals surface area contributed by atoms with Crippen LogP contribution in [0.2, 0.25) is 0 Å². The van der Waals surface area contributed by atoms with Gasteiger partial charge in [0.25, 0.3) is 0 Å². The molecule has 2 saturated carbocycles. The summed E-state index contributed by atoms with van der Waals surface area (Å²) < 4.78 is 32.3. The van der Waals surface area contributed by atoms with Crippen molar-refractivity contribution in [2.75, 3.05) is 0 Å². The molecule has 1 aromatic rings. The first-order valence-electron chi connectivity index (χ1n) is 10.8. The molecule has 0 heterocycles. The molecule has 0 radical (unpaired) electrons. The maximum absolute atomic E-state index is 13.3. The number of ether oxygens (including phenoxy) is 1. The number of hydrogen-bond acceptors (Lipinski definition) is 1. The Morgan fingerprint density at radius 2 is 1.59 bits per heavy atom. The van der Waals surface area contributed by atoms with Crippen molar-refractivity contribution in [1.29, 1.82) is 0 Å². The van der Waals surface area contributed by atoms with Crippen molar-refractivity contribution in [3.8, 4) is 0 Å². The molecule has 3 rings (SSSR count). The fourth-order valence-electron chi connectivity index (χ4n) is 5.02. The fourth-order valence-corrected chi connectivity index (χ4v) is 5.02. The molecule has 0 spiro atoms. The Labute approximate surface area is 163 Å². The van der Waals surface area contributed by atoms with Gasteiger partial charge < -0.3 is 4.74 Å². The number of allylic oxidation sites excluding steroid dienone is 2. The summed E-state index contributed by atoms with van der Waals surface area (Å²) in [4.78, 5) is 0. The first-order chi connectivity index (χ1) is 13.2. The SMILES string of the molecule is C/C=C/CCC1CCC(C2CCC(OCc3ccc(F)c(F)c3)CC2)CC1. The van der Waals surface area contributed by atoms with Gasteiger partial charge in [-0.2, -0.15) is 0 Å². The van der Waals surface area contributed by atoms with Crippen molar-refractivity contribution in [3.05, 3.63) is 47.5 Å². The Kier molecular flexibility index (Phi) is 7.87. The summed E-state index contributed by atoms with van der Waals surface area (Å²) in [6, 6.07) is 4.04. The zero-order valence-corrected chi connectivity index (χ0v) is 16.6. The van der Waals surface area contributed by atoms with Gasteiger partial charge in [0.2, 0.25) is 0 Å². The van der Waals surface area contributed by atoms with Crippen LogP contribution in [0.5, 0.6) is 0 Å². The van der Waals surface area contributed by atoms with E-state index in [-0.39, 0.29) is 6.10 Å². The summed E-state index contributed by atoms with van der Waals surface area (Å²) in [5.74, 6) is 1.13. The van der Waals surface area contributed by atoms with E-state index in [1.54, 1.807) is 6.07 Å². The van der Waals surface area contributed by atoms with Crippen LogP contribution in [0.25, 0.3) is 0 Å². The molecule has 0 N–H and O–H groups in total. The first kappa shape index (κ1) is 20.5. The van der Waals surface area contributed by atoms with Gasteiger partial charge in [-0.15, -0.1) is 0 Å². The molecule has 27 heavy (non-hydrogen) atoms. The molecule has 0 bridgehead atoms. The zero-order valence-electron chi connectivity index (χ0n) is 16.6. The van der Waals surface area contributed by atoms with Gasteiger partial charge in [-0.25, -0.2) is 8.78 Å². The van der Waals surface area contributed by atoms with Gasteiger partial charge in [-0.1, -0.05) is 31.1 Å². The highest BCUT2D eigenvalue weighted by molar-refractivity contribution is 5.16. The molecule has 1 nitrogen and oxygen atoms in total. The van der Waals surface area contributed by atoms with Crippen LogP contribution in [0.1, 0.15) is 76.7 Å². The molecule has 0 atom stereocenters. The fraction of sp³-hybridized carbons (Fsp3) is 0.667. The van der Waals surface area contributed by atoms with Gasteiger partial charge in [0.05, 0.1) is 12.7 Å². The van der Waals surface area contributed by atoms with Crippen LogP contribution in [-0.2, 0) is 11.3 Å². The minimum Gasteiger partial charge on any atom is -0.374 e. The Hall–Kier alpha value is -1.22. The minimum absolute atomic E-state index is 0.270. The Balaban J connectivity index is 1.35. The van der Waals surface area contributed by atoms with Crippen molar-refractivity contribution in [2.45, 2.75) is 83.8 Å². The number of halogens is 2. The van der Waals surface area contributed by atoms with Crippen LogP contribution in [0.4, 0.5) is 8.78 Å². The topological polar surface area (TPSA) is 9.23 Å². The molecule has 2 fully saturated rings. The normalized spacial score (nSPS) is 29.3. The molecular formula is C24H34F2O. The van der Waals surface area contributed by atoms with Crippen LogP contribution < -0.4 is 0 Å². The first-order valence-corrected chi connectivity index (χ1v) is 10.8. The lowest BCUT2D eigenvalue weighted by atomic mass is 9.70. The highest BCUT2D eigenvalue weighted by Gasteiger charge is 2.30. The quantitative estimate of drug-likeness (QED) is 0.457. The van der Waals surface area contributed by atoms with Gasteiger partial charge >= 0.3 is 0 Å². The van der Waals surface area contributed by atoms with Crippen LogP contribution in [-0.4, -0.2) is 6.10 Å². The lowest BCUT2D eigenvalue weighted by molar-refractivity contribution is -0.00293. The maximum Gasteiger partial charge on any atom is 0.159 e. The number of rotatable bonds is 7. The Morgan fingerprint density at radius 1 is 0.926 bits per heavy atom. The second kappa shape index (κ2) is 10.4. The second-order valence-electron chi connectivity index (χ2n) is 8.52. The number of benzene rings is 1. The third-order valence-electron chi connectivity index (χ3n) is 6.72. The predicted molar refractivity (Wildman–Crippen MR) is 106 cm³/mol. The van der Waals surface area contributed by atoms with Crippen molar-refractivity contribution in [1.82, 2.24) is 0 Å². The van der Waals surface area contributed by atoms with E-state index in [2.05, 4.69) is 19.1 Å². The molecule has 2 aliphatic carbocycles. The highest BCUT2D eigenvalue weighted by Crippen LogP contribution is 2.41. The molecule has 150 valence electrons. The highest BCUT2D eigenvalue weighted by atomic mass is 19.2. The number of hydrogen-bond donors (Lipinski definition) is 0. The van der Waals surface area contributed by atoms with Crippen LogP contribution in [0.3, 0.4) is 0 Å². The van der Waals surface area contributed by atoms with Crippen molar-refractivity contribution >= 4 is 0 Å². The summed E-state index contributed by atoms with van der Waals surface area (Å²) in [7, 11) is 0. The van der Waals surface area contributed by atoms with Gasteiger partial charge in [0.1, 0.15) is 0 Å². The van der Waals surface area contributed by atoms with Gasteiger partial charge in [-0.3, -0.25) is 0 Å². The van der Waals surface area contributed by atoms with Crippen molar-refractivity contribution < 1.29 is 13.5 Å². The minimum atomic E-state index is -0.796. The van der Waals surface area contributed by atoms with E-state index in [4.69, 9.17) is 4.74 Å². The van der Waals surface area contributed by atoms with E-state index >= 15 is 0 Å². The van der Waals surface area contributed by atoms with Gasteiger partial charge in [0.15, 0.2) is 11.6 Å². The standard InChI is InChI=1S/C24H34F2O/c1-2-3-4-5-18-6-9-20(10-7-18)21-11-13-22(14-12-21)27-17-19-8-15-23(25)24(26)16-19/h2-3,8,15-16,18,20-22H,4-7,9-14,17H2,1H3/b3-2+. The van der Waals surface area contributed by atoms with Crippen LogP contribution in [0, 0.1) is 29.4 Å². The van der Waals surface area contributed by atoms with E-state index in [9.17, 15) is 8.78 Å². The molecule has 1 aromatic carbocycles. The molecule has 2 aliphatic rings. The van der Waals surface area contributed by atoms with E-state index in [1.807, 2.05) is 0 Å². The summed E-state index contributed by atoms with van der Waals surface area (Å²) >= 11 is 0. The van der Waals surface area contributed by atoms with E-state index in [1.165, 1.54) is 63.5 Å². The van der Waals surface area contributed by atoms with Crippen molar-refractivity contribution in [2.24, 2.45) is 17.8 Å². The maximum atomic E-state index is 13.3. The van der Waals surface area contributed by atoms with E-state index in [0.29, 0.717) is 12.2 Å². The van der Waals surface area contributed by atoms with E-state index < -0.39 is 11.6 Å². The average molecular weight is 377 g/mol. The average Bonchev–Trinajstić information content (AvgIpc) is 2.70. The molecule has 0 aromatic heterocycles. The smallest absolute Gasteiger partial charge is 0.159 e. The van der Waals surface area contributed by atoms with Gasteiger partial charge in [-0.05, 0) is 93.7 Å². The van der Waals surface area contributed by atoms with E-state index in [0.717, 1.165) is 30.6 Å². The Morgan fingerprint density at radius 3 is 2.22 bits per heavy atom. The molecule has 0 aliphatic heterocycles. The Bertz CT molecular complexity index is 596. The molecule has 0 saturated heterocycles. The summed E-state index contributed by atoms with van der Waals surface area (Å²) in [5.41, 5.74) is 0.715.